The minimum Gasteiger partial charge on any atom is -0.356 e. The summed E-state index contributed by atoms with van der Waals surface area (Å²) in [6.07, 6.45) is 8.85. The molecule has 2 rings (SSSR count). The highest BCUT2D eigenvalue weighted by atomic mass is 127. The number of nitrogens with zero attached hydrogens (tertiary/aromatic N) is 3. The molecule has 23 heavy (non-hydrogen) atoms. The van der Waals surface area contributed by atoms with Crippen LogP contribution in [0.1, 0.15) is 51.4 Å². The Morgan fingerprint density at radius 1 is 1.39 bits per heavy atom. The molecule has 1 heterocycles. The first-order chi connectivity index (χ1) is 10.6. The molecule has 1 aliphatic carbocycles. The molecule has 132 valence electrons. The van der Waals surface area contributed by atoms with Crippen molar-refractivity contribution in [2.24, 2.45) is 10.4 Å². The van der Waals surface area contributed by atoms with Crippen molar-refractivity contribution in [3.63, 3.8) is 0 Å². The van der Waals surface area contributed by atoms with Crippen LogP contribution in [-0.2, 0) is 6.54 Å². The van der Waals surface area contributed by atoms with Gasteiger partial charge in [0, 0.05) is 26.0 Å². The molecular formula is C15H26F2IN5. The predicted molar refractivity (Wildman–Crippen MR) is 98.3 cm³/mol. The van der Waals surface area contributed by atoms with E-state index in [1.165, 1.54) is 38.1 Å². The molecule has 0 bridgehead atoms. The number of alkyl halides is 2. The molecule has 1 aliphatic rings. The van der Waals surface area contributed by atoms with Crippen LogP contribution in [0.5, 0.6) is 0 Å². The fourth-order valence-electron chi connectivity index (χ4n) is 3.09. The van der Waals surface area contributed by atoms with Crippen LogP contribution in [0.4, 0.5) is 8.78 Å². The van der Waals surface area contributed by atoms with E-state index in [1.807, 2.05) is 0 Å². The summed E-state index contributed by atoms with van der Waals surface area (Å²) in [7, 11) is 1.68. The summed E-state index contributed by atoms with van der Waals surface area (Å²) in [5.74, 6) is 0.924. The summed E-state index contributed by atoms with van der Waals surface area (Å²) >= 11 is 0. The van der Waals surface area contributed by atoms with Gasteiger partial charge in [-0.15, -0.1) is 24.0 Å². The molecule has 0 unspecified atom stereocenters. The van der Waals surface area contributed by atoms with E-state index in [0.29, 0.717) is 17.2 Å². The molecule has 0 aromatic carbocycles. The largest absolute Gasteiger partial charge is 0.356 e. The van der Waals surface area contributed by atoms with Crippen molar-refractivity contribution in [1.82, 2.24) is 20.2 Å². The van der Waals surface area contributed by atoms with E-state index in [-0.39, 0.29) is 30.5 Å². The zero-order valence-corrected chi connectivity index (χ0v) is 16.0. The summed E-state index contributed by atoms with van der Waals surface area (Å²) in [4.78, 5) is 8.11. The first kappa shape index (κ1) is 20.1. The number of hydrogen-bond donors (Lipinski definition) is 2. The molecule has 1 fully saturated rings. The molecule has 0 aliphatic heterocycles. The number of aliphatic imine (C=N–C) groups is 1. The normalized spacial score (nSPS) is 17.2. The predicted octanol–water partition coefficient (Wildman–Crippen LogP) is 3.53. The van der Waals surface area contributed by atoms with Gasteiger partial charge in [0.1, 0.15) is 5.82 Å². The van der Waals surface area contributed by atoms with E-state index < -0.39 is 6.55 Å². The van der Waals surface area contributed by atoms with Crippen LogP contribution in [-0.4, -0.2) is 29.1 Å². The Labute approximate surface area is 153 Å². The Morgan fingerprint density at radius 2 is 2.09 bits per heavy atom. The molecule has 2 N–H and O–H groups in total. The number of halogens is 3. The second-order valence-corrected chi connectivity index (χ2v) is 5.87. The summed E-state index contributed by atoms with van der Waals surface area (Å²) in [5.41, 5.74) is 0.346. The molecule has 0 amide bonds. The fraction of sp³-hybridized carbons (Fsp3) is 0.733. The lowest BCUT2D eigenvalue weighted by Gasteiger charge is -2.28. The average molecular weight is 441 g/mol. The van der Waals surface area contributed by atoms with Crippen LogP contribution < -0.4 is 10.6 Å². The summed E-state index contributed by atoms with van der Waals surface area (Å²) < 4.78 is 26.4. The molecule has 0 spiro atoms. The highest BCUT2D eigenvalue weighted by molar-refractivity contribution is 14.0. The Morgan fingerprint density at radius 3 is 2.65 bits per heavy atom. The van der Waals surface area contributed by atoms with Crippen LogP contribution >= 0.6 is 24.0 Å². The van der Waals surface area contributed by atoms with Crippen molar-refractivity contribution < 1.29 is 8.78 Å². The topological polar surface area (TPSA) is 54.2 Å². The smallest absolute Gasteiger partial charge is 0.319 e. The zero-order valence-electron chi connectivity index (χ0n) is 13.7. The Kier molecular flexibility index (Phi) is 8.21. The van der Waals surface area contributed by atoms with Crippen molar-refractivity contribution in [3.8, 4) is 0 Å². The summed E-state index contributed by atoms with van der Waals surface area (Å²) in [6, 6.07) is 0. The number of rotatable bonds is 6. The SMILES string of the molecule is CCC1(CNC(=NC)NCc2nccn2C(F)F)CCCC1.I. The van der Waals surface area contributed by atoms with Gasteiger partial charge in [0.05, 0.1) is 6.54 Å². The molecule has 8 heteroatoms. The second-order valence-electron chi connectivity index (χ2n) is 5.87. The number of nitrogens with one attached hydrogen (secondary N) is 2. The standard InChI is InChI=1S/C15H25F2N5.HI/c1-3-15(6-4-5-7-15)11-21-14(18-2)20-10-12-19-8-9-22(12)13(16)17;/h8-9,13H,3-7,10-11H2,1-2H3,(H2,18,20,21);1H. The van der Waals surface area contributed by atoms with Crippen molar-refractivity contribution in [1.29, 1.82) is 0 Å². The van der Waals surface area contributed by atoms with E-state index in [0.717, 1.165) is 17.5 Å². The van der Waals surface area contributed by atoms with E-state index in [4.69, 9.17) is 0 Å². The molecular weight excluding hydrogens is 415 g/mol. The van der Waals surface area contributed by atoms with Crippen LogP contribution in [0.2, 0.25) is 0 Å². The Hall–Kier alpha value is -0.930. The van der Waals surface area contributed by atoms with Crippen molar-refractivity contribution in [3.05, 3.63) is 18.2 Å². The maximum Gasteiger partial charge on any atom is 0.319 e. The zero-order chi connectivity index (χ0) is 16.0. The van der Waals surface area contributed by atoms with Gasteiger partial charge in [0.15, 0.2) is 5.96 Å². The van der Waals surface area contributed by atoms with Gasteiger partial charge in [-0.1, -0.05) is 19.8 Å². The minimum atomic E-state index is -2.57. The Balaban J connectivity index is 0.00000264. The summed E-state index contributed by atoms with van der Waals surface area (Å²) in [6.45, 7) is 0.738. The third kappa shape index (κ3) is 5.29. The lowest BCUT2D eigenvalue weighted by Crippen LogP contribution is -2.42. The molecule has 5 nitrogen and oxygen atoms in total. The highest BCUT2D eigenvalue weighted by Gasteiger charge is 2.31. The average Bonchev–Trinajstić information content (AvgIpc) is 3.17. The van der Waals surface area contributed by atoms with Gasteiger partial charge in [-0.05, 0) is 24.7 Å². The van der Waals surface area contributed by atoms with Gasteiger partial charge in [-0.3, -0.25) is 9.56 Å². The second kappa shape index (κ2) is 9.39. The van der Waals surface area contributed by atoms with Crippen LogP contribution in [0.3, 0.4) is 0 Å². The molecule has 0 saturated heterocycles. The first-order valence-corrected chi connectivity index (χ1v) is 7.84. The Bertz CT molecular complexity index is 498. The fourth-order valence-corrected chi connectivity index (χ4v) is 3.09. The van der Waals surface area contributed by atoms with Crippen LogP contribution in [0.25, 0.3) is 0 Å². The highest BCUT2D eigenvalue weighted by Crippen LogP contribution is 2.40. The van der Waals surface area contributed by atoms with Gasteiger partial charge in [0.25, 0.3) is 0 Å². The monoisotopic (exact) mass is 441 g/mol. The van der Waals surface area contributed by atoms with Crippen LogP contribution in [0.15, 0.2) is 17.4 Å². The van der Waals surface area contributed by atoms with Gasteiger partial charge < -0.3 is 10.6 Å². The van der Waals surface area contributed by atoms with E-state index >= 15 is 0 Å². The molecule has 0 atom stereocenters. The maximum absolute atomic E-state index is 12.8. The van der Waals surface area contributed by atoms with E-state index in [2.05, 4.69) is 27.5 Å². The molecule has 1 aromatic rings. The van der Waals surface area contributed by atoms with E-state index in [1.54, 1.807) is 7.05 Å². The third-order valence-electron chi connectivity index (χ3n) is 4.64. The molecule has 0 radical (unpaired) electrons. The quantitative estimate of drug-likeness (QED) is 0.404. The molecule has 1 aromatic heterocycles. The number of imidazole rings is 1. The summed E-state index contributed by atoms with van der Waals surface area (Å²) in [5, 5.41) is 6.38. The maximum atomic E-state index is 12.8. The van der Waals surface area contributed by atoms with Crippen LogP contribution in [0, 0.1) is 5.41 Å². The van der Waals surface area contributed by atoms with E-state index in [9.17, 15) is 8.78 Å². The van der Waals surface area contributed by atoms with Crippen molar-refractivity contribution in [2.45, 2.75) is 52.1 Å². The first-order valence-electron chi connectivity index (χ1n) is 7.84. The third-order valence-corrected chi connectivity index (χ3v) is 4.64. The number of hydrogen-bond acceptors (Lipinski definition) is 2. The number of guanidine groups is 1. The van der Waals surface area contributed by atoms with Gasteiger partial charge in [0.2, 0.25) is 0 Å². The molecule has 1 saturated carbocycles. The minimum absolute atomic E-state index is 0. The van der Waals surface area contributed by atoms with Gasteiger partial charge in [-0.2, -0.15) is 8.78 Å². The lowest BCUT2D eigenvalue weighted by molar-refractivity contribution is 0.0668. The van der Waals surface area contributed by atoms with Crippen molar-refractivity contribution >= 4 is 29.9 Å². The van der Waals surface area contributed by atoms with Crippen molar-refractivity contribution in [2.75, 3.05) is 13.6 Å². The number of aromatic nitrogens is 2. The van der Waals surface area contributed by atoms with Gasteiger partial charge in [-0.25, -0.2) is 4.98 Å². The van der Waals surface area contributed by atoms with Gasteiger partial charge >= 0.3 is 6.55 Å². The lowest BCUT2D eigenvalue weighted by atomic mass is 9.83.